The molecule has 0 saturated carbocycles. The number of carbonyl (C=O) groups excluding carboxylic acids is 1. The van der Waals surface area contributed by atoms with E-state index in [0.717, 1.165) is 0 Å². The zero-order valence-corrected chi connectivity index (χ0v) is 4.54. The Morgan fingerprint density at radius 2 is 1.83 bits per heavy atom. The van der Waals surface area contributed by atoms with Crippen molar-refractivity contribution >= 4 is 18.4 Å². The molecule has 0 aromatic rings. The summed E-state index contributed by atoms with van der Waals surface area (Å²) in [6, 6.07) is 0. The lowest BCUT2D eigenvalue weighted by atomic mass is 10.8. The van der Waals surface area contributed by atoms with E-state index in [9.17, 15) is 4.79 Å². The molecule has 0 heterocycles. The Morgan fingerprint density at radius 1 is 1.67 bits per heavy atom. The standard InChI is InChI=1S/C3H6O2.ClH/c1-3(4)5-2;/h1-2H3;1H. The first-order chi connectivity index (χ1) is 2.27. The van der Waals surface area contributed by atoms with Crippen LogP contribution in [0.3, 0.4) is 0 Å². The van der Waals surface area contributed by atoms with Crippen molar-refractivity contribution < 1.29 is 9.53 Å². The molecule has 0 unspecified atom stereocenters. The molecule has 0 bridgehead atoms. The largest absolute Gasteiger partial charge is 0.469 e. The van der Waals surface area contributed by atoms with Gasteiger partial charge in [0.05, 0.1) is 7.11 Å². The van der Waals surface area contributed by atoms with E-state index < -0.39 is 0 Å². The van der Waals surface area contributed by atoms with Crippen molar-refractivity contribution in [1.29, 1.82) is 0 Å². The van der Waals surface area contributed by atoms with Crippen LogP contribution in [-0.4, -0.2) is 13.1 Å². The van der Waals surface area contributed by atoms with Gasteiger partial charge in [-0.1, -0.05) is 0 Å². The van der Waals surface area contributed by atoms with Gasteiger partial charge >= 0.3 is 5.97 Å². The predicted molar refractivity (Wildman–Crippen MR) is 24.9 cm³/mol. The van der Waals surface area contributed by atoms with E-state index >= 15 is 0 Å². The van der Waals surface area contributed by atoms with Crippen molar-refractivity contribution in [3.05, 3.63) is 0 Å². The quantitative estimate of drug-likeness (QED) is 0.427. The molecule has 0 fully saturated rings. The zero-order chi connectivity index (χ0) is 4.28. The fraction of sp³-hybridized carbons (Fsp3) is 0.667. The summed E-state index contributed by atoms with van der Waals surface area (Å²) in [5.74, 6) is -0.245. The van der Waals surface area contributed by atoms with Gasteiger partial charge in [-0.2, -0.15) is 0 Å². The second kappa shape index (κ2) is 4.76. The van der Waals surface area contributed by atoms with Gasteiger partial charge in [0, 0.05) is 6.92 Å². The van der Waals surface area contributed by atoms with Crippen LogP contribution in [-0.2, 0) is 9.53 Å². The second-order valence-electron chi connectivity index (χ2n) is 0.696. The molecule has 0 amide bonds. The van der Waals surface area contributed by atoms with E-state index in [1.54, 1.807) is 0 Å². The van der Waals surface area contributed by atoms with Crippen LogP contribution in [0.4, 0.5) is 0 Å². The van der Waals surface area contributed by atoms with Crippen molar-refractivity contribution in [3.63, 3.8) is 0 Å². The predicted octanol–water partition coefficient (Wildman–Crippen LogP) is 0.601. The van der Waals surface area contributed by atoms with E-state index in [2.05, 4.69) is 4.74 Å². The van der Waals surface area contributed by atoms with Gasteiger partial charge in [0.2, 0.25) is 0 Å². The number of methoxy groups -OCH3 is 1. The summed E-state index contributed by atoms with van der Waals surface area (Å²) in [6.07, 6.45) is 0. The molecule has 0 radical (unpaired) electrons. The van der Waals surface area contributed by atoms with E-state index in [-0.39, 0.29) is 18.4 Å². The van der Waals surface area contributed by atoms with Crippen molar-refractivity contribution in [2.75, 3.05) is 7.11 Å². The van der Waals surface area contributed by atoms with Crippen LogP contribution < -0.4 is 0 Å². The van der Waals surface area contributed by atoms with Crippen LogP contribution in [0.15, 0.2) is 0 Å². The van der Waals surface area contributed by atoms with Crippen LogP contribution in [0.1, 0.15) is 6.92 Å². The number of esters is 1. The smallest absolute Gasteiger partial charge is 0.302 e. The molecule has 0 aromatic heterocycles. The van der Waals surface area contributed by atoms with Crippen molar-refractivity contribution in [1.82, 2.24) is 0 Å². The highest BCUT2D eigenvalue weighted by molar-refractivity contribution is 5.85. The highest BCUT2D eigenvalue weighted by Crippen LogP contribution is 1.60. The average Bonchev–Trinajstić information content (AvgIpc) is 1.38. The molecule has 0 N–H and O–H groups in total. The first kappa shape index (κ1) is 9.23. The van der Waals surface area contributed by atoms with Crippen LogP contribution in [0.2, 0.25) is 0 Å². The molecule has 38 valence electrons. The van der Waals surface area contributed by atoms with E-state index in [1.165, 1.54) is 14.0 Å². The molecule has 6 heavy (non-hydrogen) atoms. The number of carbonyl (C=O) groups is 1. The molecular formula is C3H7ClO2. The molecule has 0 aromatic carbocycles. The third-order valence-electron chi connectivity index (χ3n) is 0.287. The third-order valence-corrected chi connectivity index (χ3v) is 0.287. The number of rotatable bonds is 0. The van der Waals surface area contributed by atoms with Gasteiger partial charge in [-0.05, 0) is 0 Å². The number of halogens is 1. The van der Waals surface area contributed by atoms with Crippen LogP contribution in [0, 0.1) is 0 Å². The lowest BCUT2D eigenvalue weighted by Crippen LogP contribution is -1.88. The molecule has 0 aliphatic heterocycles. The van der Waals surface area contributed by atoms with Crippen LogP contribution >= 0.6 is 12.4 Å². The average molecular weight is 111 g/mol. The first-order valence-electron chi connectivity index (χ1n) is 1.32. The SMILES string of the molecule is COC(C)=O.Cl. The Kier molecular flexibility index (Phi) is 7.32. The first-order valence-corrected chi connectivity index (χ1v) is 1.32. The third kappa shape index (κ3) is 9.25. The lowest BCUT2D eigenvalue weighted by molar-refractivity contribution is -0.137. The Balaban J connectivity index is 0. The topological polar surface area (TPSA) is 26.3 Å². The van der Waals surface area contributed by atoms with Gasteiger partial charge in [0.15, 0.2) is 0 Å². The Hall–Kier alpha value is -0.240. The van der Waals surface area contributed by atoms with Gasteiger partial charge in [-0.15, -0.1) is 12.4 Å². The maximum atomic E-state index is 9.59. The summed E-state index contributed by atoms with van der Waals surface area (Å²) in [5, 5.41) is 0. The monoisotopic (exact) mass is 110 g/mol. The minimum atomic E-state index is -0.245. The maximum Gasteiger partial charge on any atom is 0.302 e. The second-order valence-corrected chi connectivity index (χ2v) is 0.696. The summed E-state index contributed by atoms with van der Waals surface area (Å²) in [7, 11) is 1.35. The van der Waals surface area contributed by atoms with E-state index in [1.807, 2.05) is 0 Å². The molecule has 2 nitrogen and oxygen atoms in total. The van der Waals surface area contributed by atoms with Crippen LogP contribution in [0.25, 0.3) is 0 Å². The van der Waals surface area contributed by atoms with E-state index in [0.29, 0.717) is 0 Å². The molecule has 0 aliphatic carbocycles. The molecule has 3 heteroatoms. The summed E-state index contributed by atoms with van der Waals surface area (Å²) in [5.41, 5.74) is 0. The minimum absolute atomic E-state index is 0. The maximum absolute atomic E-state index is 9.59. The van der Waals surface area contributed by atoms with Crippen molar-refractivity contribution in [2.24, 2.45) is 0 Å². The molecule has 0 aliphatic rings. The lowest BCUT2D eigenvalue weighted by Gasteiger charge is -1.80. The molecule has 0 saturated heterocycles. The van der Waals surface area contributed by atoms with E-state index in [4.69, 9.17) is 0 Å². The summed E-state index contributed by atoms with van der Waals surface area (Å²) >= 11 is 0. The number of ether oxygens (including phenoxy) is 1. The van der Waals surface area contributed by atoms with Crippen molar-refractivity contribution in [2.45, 2.75) is 6.92 Å². The number of hydrogen-bond acceptors (Lipinski definition) is 2. The summed E-state index contributed by atoms with van der Waals surface area (Å²) in [6.45, 7) is 1.36. The number of hydrogen-bond donors (Lipinski definition) is 0. The highest BCUT2D eigenvalue weighted by Gasteiger charge is 1.75. The van der Waals surface area contributed by atoms with Crippen LogP contribution in [0.5, 0.6) is 0 Å². The van der Waals surface area contributed by atoms with Gasteiger partial charge in [0.1, 0.15) is 0 Å². The fourth-order valence-electron chi connectivity index (χ4n) is 0. The fourth-order valence-corrected chi connectivity index (χ4v) is 0. The van der Waals surface area contributed by atoms with Gasteiger partial charge < -0.3 is 4.74 Å². The van der Waals surface area contributed by atoms with Gasteiger partial charge in [-0.25, -0.2) is 0 Å². The Labute approximate surface area is 42.9 Å². The molecule has 0 spiro atoms. The molecule has 0 rings (SSSR count). The highest BCUT2D eigenvalue weighted by atomic mass is 35.5. The zero-order valence-electron chi connectivity index (χ0n) is 3.72. The molecular weight excluding hydrogens is 103 g/mol. The minimum Gasteiger partial charge on any atom is -0.469 e. The molecule has 0 atom stereocenters. The normalized spacial score (nSPS) is 5.67. The van der Waals surface area contributed by atoms with Gasteiger partial charge in [-0.3, -0.25) is 4.79 Å². The van der Waals surface area contributed by atoms with Gasteiger partial charge in [0.25, 0.3) is 0 Å². The summed E-state index contributed by atoms with van der Waals surface area (Å²) in [4.78, 5) is 9.59. The van der Waals surface area contributed by atoms with Crippen molar-refractivity contribution in [3.8, 4) is 0 Å². The Morgan fingerprint density at radius 3 is 1.83 bits per heavy atom. The Bertz CT molecular complexity index is 44.1. The summed E-state index contributed by atoms with van der Waals surface area (Å²) < 4.78 is 4.11.